The zero-order valence-corrected chi connectivity index (χ0v) is 19.7. The van der Waals surface area contributed by atoms with Crippen LogP contribution in [0.5, 0.6) is 5.75 Å². The topological polar surface area (TPSA) is 50.6 Å². The van der Waals surface area contributed by atoms with E-state index in [1.165, 1.54) is 0 Å². The molecule has 7 heteroatoms. The van der Waals surface area contributed by atoms with E-state index in [2.05, 4.69) is 4.90 Å². The van der Waals surface area contributed by atoms with Gasteiger partial charge in [-0.25, -0.2) is 4.68 Å². The van der Waals surface area contributed by atoms with Gasteiger partial charge in [-0.15, -0.1) is 0 Å². The summed E-state index contributed by atoms with van der Waals surface area (Å²) in [6.07, 6.45) is 0. The predicted molar refractivity (Wildman–Crippen MR) is 135 cm³/mol. The fourth-order valence-corrected chi connectivity index (χ4v) is 4.41. The van der Waals surface area contributed by atoms with E-state index in [1.807, 2.05) is 89.8 Å². The van der Waals surface area contributed by atoms with Gasteiger partial charge in [0.15, 0.2) is 0 Å². The van der Waals surface area contributed by atoms with Gasteiger partial charge in [0.1, 0.15) is 11.4 Å². The number of halogens is 1. The second-order valence-electron chi connectivity index (χ2n) is 8.15. The number of nitrogens with zero attached hydrogens (tertiary/aromatic N) is 4. The average molecular weight is 473 g/mol. The van der Waals surface area contributed by atoms with Crippen LogP contribution in [0, 0.1) is 0 Å². The molecule has 1 aliphatic heterocycles. The SMILES string of the molecule is COc1cccc(-c2cc(C(=O)N3CCN(c4cccc(Cl)c4)CC3)n(-c3ccccc3)n2)c1. The Bertz CT molecular complexity index is 1300. The lowest BCUT2D eigenvalue weighted by atomic mass is 10.1. The number of ether oxygens (including phenoxy) is 1. The van der Waals surface area contributed by atoms with Crippen molar-refractivity contribution in [3.8, 4) is 22.7 Å². The second kappa shape index (κ2) is 9.61. The number of carbonyl (C=O) groups is 1. The highest BCUT2D eigenvalue weighted by Crippen LogP contribution is 2.27. The number of hydrogen-bond donors (Lipinski definition) is 0. The first-order valence-corrected chi connectivity index (χ1v) is 11.6. The Labute approximate surface area is 203 Å². The first-order valence-electron chi connectivity index (χ1n) is 11.2. The zero-order valence-electron chi connectivity index (χ0n) is 18.9. The Morgan fingerprint density at radius 1 is 0.853 bits per heavy atom. The average Bonchev–Trinajstić information content (AvgIpc) is 3.34. The summed E-state index contributed by atoms with van der Waals surface area (Å²) >= 11 is 6.16. The van der Waals surface area contributed by atoms with Crippen LogP contribution in [0.3, 0.4) is 0 Å². The molecule has 172 valence electrons. The first kappa shape index (κ1) is 22.0. The Balaban J connectivity index is 1.43. The minimum atomic E-state index is -0.0313. The number of benzene rings is 3. The molecule has 0 spiro atoms. The molecule has 34 heavy (non-hydrogen) atoms. The minimum Gasteiger partial charge on any atom is -0.497 e. The molecule has 3 aromatic carbocycles. The van der Waals surface area contributed by atoms with Crippen molar-refractivity contribution < 1.29 is 9.53 Å². The number of aromatic nitrogens is 2. The Hall–Kier alpha value is -3.77. The monoisotopic (exact) mass is 472 g/mol. The van der Waals surface area contributed by atoms with Crippen LogP contribution in [0.1, 0.15) is 10.5 Å². The van der Waals surface area contributed by atoms with E-state index in [0.29, 0.717) is 23.8 Å². The summed E-state index contributed by atoms with van der Waals surface area (Å²) in [7, 11) is 1.64. The number of piperazine rings is 1. The van der Waals surface area contributed by atoms with Gasteiger partial charge in [-0.3, -0.25) is 4.79 Å². The molecule has 0 atom stereocenters. The molecule has 1 amide bonds. The van der Waals surface area contributed by atoms with Gasteiger partial charge in [-0.05, 0) is 48.5 Å². The maximum atomic E-state index is 13.7. The van der Waals surface area contributed by atoms with Crippen molar-refractivity contribution in [2.75, 3.05) is 38.2 Å². The van der Waals surface area contributed by atoms with Crippen molar-refractivity contribution in [3.05, 3.63) is 95.6 Å². The van der Waals surface area contributed by atoms with Crippen LogP contribution in [0.15, 0.2) is 84.9 Å². The number of anilines is 1. The third-order valence-electron chi connectivity index (χ3n) is 6.03. The van der Waals surface area contributed by atoms with Crippen LogP contribution in [0.25, 0.3) is 16.9 Å². The molecular formula is C27H25ClN4O2. The molecule has 0 saturated carbocycles. The van der Waals surface area contributed by atoms with Gasteiger partial charge in [-0.1, -0.05) is 48.0 Å². The third kappa shape index (κ3) is 4.50. The lowest BCUT2D eigenvalue weighted by Gasteiger charge is -2.36. The summed E-state index contributed by atoms with van der Waals surface area (Å²) in [6, 6.07) is 27.2. The van der Waals surface area contributed by atoms with Gasteiger partial charge < -0.3 is 14.5 Å². The van der Waals surface area contributed by atoms with Gasteiger partial charge in [0.05, 0.1) is 18.5 Å². The van der Waals surface area contributed by atoms with Crippen LogP contribution < -0.4 is 9.64 Å². The molecule has 5 rings (SSSR count). The molecule has 2 heterocycles. The first-order chi connectivity index (χ1) is 16.6. The molecule has 1 saturated heterocycles. The summed E-state index contributed by atoms with van der Waals surface area (Å²) in [5.41, 5.74) is 4.09. The number of carbonyl (C=O) groups excluding carboxylic acids is 1. The smallest absolute Gasteiger partial charge is 0.272 e. The molecule has 4 aromatic rings. The van der Waals surface area contributed by atoms with Crippen molar-refractivity contribution in [2.24, 2.45) is 0 Å². The molecule has 1 aromatic heterocycles. The predicted octanol–water partition coefficient (Wildman–Crippen LogP) is 5.16. The Morgan fingerprint density at radius 3 is 2.32 bits per heavy atom. The molecular weight excluding hydrogens is 448 g/mol. The standard InChI is InChI=1S/C27H25ClN4O2/c1-34-24-12-5-7-20(17-24)25-19-26(32(29-25)22-9-3-2-4-10-22)27(33)31-15-13-30(14-16-31)23-11-6-8-21(28)18-23/h2-12,17-19H,13-16H2,1H3. The molecule has 0 radical (unpaired) electrons. The zero-order chi connectivity index (χ0) is 23.5. The maximum Gasteiger partial charge on any atom is 0.272 e. The summed E-state index contributed by atoms with van der Waals surface area (Å²) < 4.78 is 7.11. The van der Waals surface area contributed by atoms with Gasteiger partial charge in [0.25, 0.3) is 5.91 Å². The second-order valence-corrected chi connectivity index (χ2v) is 8.59. The summed E-state index contributed by atoms with van der Waals surface area (Å²) in [4.78, 5) is 17.8. The van der Waals surface area contributed by atoms with E-state index < -0.39 is 0 Å². The van der Waals surface area contributed by atoms with Crippen molar-refractivity contribution >= 4 is 23.2 Å². The highest BCUT2D eigenvalue weighted by molar-refractivity contribution is 6.30. The van der Waals surface area contributed by atoms with Crippen LogP contribution in [0.4, 0.5) is 5.69 Å². The van der Waals surface area contributed by atoms with Crippen molar-refractivity contribution in [1.29, 1.82) is 0 Å². The fourth-order valence-electron chi connectivity index (χ4n) is 4.23. The quantitative estimate of drug-likeness (QED) is 0.402. The molecule has 0 N–H and O–H groups in total. The number of amides is 1. The normalized spacial score (nSPS) is 13.7. The van der Waals surface area contributed by atoms with E-state index in [0.717, 1.165) is 41.5 Å². The van der Waals surface area contributed by atoms with Gasteiger partial charge in [0, 0.05) is 42.5 Å². The molecule has 6 nitrogen and oxygen atoms in total. The molecule has 0 unspecified atom stereocenters. The lowest BCUT2D eigenvalue weighted by molar-refractivity contribution is 0.0737. The van der Waals surface area contributed by atoms with E-state index in [4.69, 9.17) is 21.4 Å². The Morgan fingerprint density at radius 2 is 1.59 bits per heavy atom. The van der Waals surface area contributed by atoms with Crippen LogP contribution in [0.2, 0.25) is 5.02 Å². The van der Waals surface area contributed by atoms with Gasteiger partial charge in [0.2, 0.25) is 0 Å². The summed E-state index contributed by atoms with van der Waals surface area (Å²) in [6.45, 7) is 2.74. The maximum absolute atomic E-state index is 13.7. The molecule has 0 aliphatic carbocycles. The lowest BCUT2D eigenvalue weighted by Crippen LogP contribution is -2.49. The number of methoxy groups -OCH3 is 1. The van der Waals surface area contributed by atoms with E-state index in [9.17, 15) is 4.79 Å². The van der Waals surface area contributed by atoms with E-state index >= 15 is 0 Å². The largest absolute Gasteiger partial charge is 0.497 e. The fraction of sp³-hybridized carbons (Fsp3) is 0.185. The number of hydrogen-bond acceptors (Lipinski definition) is 4. The Kier molecular flexibility index (Phi) is 6.23. The summed E-state index contributed by atoms with van der Waals surface area (Å²) in [5, 5.41) is 5.52. The minimum absolute atomic E-state index is 0.0313. The van der Waals surface area contributed by atoms with Crippen molar-refractivity contribution in [3.63, 3.8) is 0 Å². The third-order valence-corrected chi connectivity index (χ3v) is 6.27. The molecule has 0 bridgehead atoms. The number of rotatable bonds is 5. The van der Waals surface area contributed by atoms with Gasteiger partial charge >= 0.3 is 0 Å². The molecule has 1 aliphatic rings. The highest BCUT2D eigenvalue weighted by atomic mass is 35.5. The molecule has 1 fully saturated rings. The van der Waals surface area contributed by atoms with Gasteiger partial charge in [-0.2, -0.15) is 5.10 Å². The van der Waals surface area contributed by atoms with Crippen LogP contribution in [-0.4, -0.2) is 53.9 Å². The van der Waals surface area contributed by atoms with Crippen molar-refractivity contribution in [2.45, 2.75) is 0 Å². The highest BCUT2D eigenvalue weighted by Gasteiger charge is 2.26. The van der Waals surface area contributed by atoms with Crippen LogP contribution in [-0.2, 0) is 0 Å². The van der Waals surface area contributed by atoms with E-state index in [1.54, 1.807) is 11.8 Å². The van der Waals surface area contributed by atoms with E-state index in [-0.39, 0.29) is 5.91 Å². The number of para-hydroxylation sites is 1. The van der Waals surface area contributed by atoms with Crippen molar-refractivity contribution in [1.82, 2.24) is 14.7 Å². The summed E-state index contributed by atoms with van der Waals surface area (Å²) in [5.74, 6) is 0.716. The van der Waals surface area contributed by atoms with Crippen LogP contribution >= 0.6 is 11.6 Å².